The molecule has 0 bridgehead atoms. The molecule has 6 heteroatoms. The molecule has 1 aromatic heterocycles. The third-order valence-electron chi connectivity index (χ3n) is 4.18. The summed E-state index contributed by atoms with van der Waals surface area (Å²) in [6.07, 6.45) is 11.4. The van der Waals surface area contributed by atoms with Crippen molar-refractivity contribution in [2.75, 3.05) is 13.2 Å². The van der Waals surface area contributed by atoms with Crippen LogP contribution in [0.15, 0.2) is 39.7 Å². The van der Waals surface area contributed by atoms with E-state index in [0.29, 0.717) is 11.1 Å². The molecule has 27 heavy (non-hydrogen) atoms. The summed E-state index contributed by atoms with van der Waals surface area (Å²) in [4.78, 5) is 12.1. The van der Waals surface area contributed by atoms with Crippen molar-refractivity contribution >= 4 is 11.0 Å². The molecule has 0 atom stereocenters. The minimum Gasteiger partial charge on any atom is -0.504 e. The smallest absolute Gasteiger partial charge is 0.383 e. The molecule has 0 saturated heterocycles. The third-order valence-corrected chi connectivity index (χ3v) is 4.18. The Morgan fingerprint density at radius 2 is 1.93 bits per heavy atom. The van der Waals surface area contributed by atoms with E-state index in [1.807, 2.05) is 6.08 Å². The monoisotopic (exact) mass is 376 g/mol. The molecule has 1 heterocycles. The largest absolute Gasteiger partial charge is 0.504 e. The molecule has 148 valence electrons. The second kappa shape index (κ2) is 11.3. The molecule has 0 aliphatic heterocycles. The molecule has 0 saturated carbocycles. The first-order valence-electron chi connectivity index (χ1n) is 9.52. The second-order valence-electron chi connectivity index (χ2n) is 6.34. The SMILES string of the molecule is CCCCCCCC/C=C/Oc1c(O)c2ccc(OCCO)cc2oc1=O. The number of hydrogen-bond donors (Lipinski definition) is 2. The van der Waals surface area contributed by atoms with Crippen molar-refractivity contribution in [2.45, 2.75) is 51.9 Å². The summed E-state index contributed by atoms with van der Waals surface area (Å²) in [5.41, 5.74) is -0.570. The van der Waals surface area contributed by atoms with E-state index in [1.165, 1.54) is 44.4 Å². The number of aromatic hydroxyl groups is 1. The van der Waals surface area contributed by atoms with Gasteiger partial charge in [-0.3, -0.25) is 0 Å². The fourth-order valence-corrected chi connectivity index (χ4v) is 2.73. The van der Waals surface area contributed by atoms with E-state index in [1.54, 1.807) is 12.1 Å². The zero-order chi connectivity index (χ0) is 19.5. The van der Waals surface area contributed by atoms with E-state index in [9.17, 15) is 9.90 Å². The van der Waals surface area contributed by atoms with Gasteiger partial charge >= 0.3 is 5.63 Å². The highest BCUT2D eigenvalue weighted by Crippen LogP contribution is 2.33. The Morgan fingerprint density at radius 3 is 2.70 bits per heavy atom. The maximum atomic E-state index is 12.1. The third kappa shape index (κ3) is 6.32. The van der Waals surface area contributed by atoms with Crippen molar-refractivity contribution < 1.29 is 24.1 Å². The highest BCUT2D eigenvalue weighted by Gasteiger charge is 2.15. The van der Waals surface area contributed by atoms with E-state index in [2.05, 4.69) is 6.92 Å². The lowest BCUT2D eigenvalue weighted by Crippen LogP contribution is -2.04. The molecule has 0 aliphatic rings. The van der Waals surface area contributed by atoms with E-state index in [-0.39, 0.29) is 30.3 Å². The Balaban J connectivity index is 1.96. The fourth-order valence-electron chi connectivity index (χ4n) is 2.73. The van der Waals surface area contributed by atoms with Crippen LogP contribution in [-0.4, -0.2) is 23.4 Å². The lowest BCUT2D eigenvalue weighted by molar-refractivity contribution is 0.201. The van der Waals surface area contributed by atoms with Crippen LogP contribution in [0.25, 0.3) is 11.0 Å². The van der Waals surface area contributed by atoms with Gasteiger partial charge in [0, 0.05) is 6.07 Å². The minimum atomic E-state index is -0.761. The molecule has 6 nitrogen and oxygen atoms in total. The van der Waals surface area contributed by atoms with Crippen LogP contribution in [-0.2, 0) is 0 Å². The highest BCUT2D eigenvalue weighted by atomic mass is 16.5. The van der Waals surface area contributed by atoms with E-state index in [4.69, 9.17) is 19.0 Å². The van der Waals surface area contributed by atoms with E-state index >= 15 is 0 Å². The van der Waals surface area contributed by atoms with Gasteiger partial charge in [0.05, 0.1) is 18.3 Å². The van der Waals surface area contributed by atoms with E-state index < -0.39 is 5.63 Å². The normalized spacial score (nSPS) is 11.3. The average Bonchev–Trinajstić information content (AvgIpc) is 2.67. The Labute approximate surface area is 159 Å². The molecule has 2 rings (SSSR count). The van der Waals surface area contributed by atoms with Gasteiger partial charge in [-0.2, -0.15) is 0 Å². The molecule has 0 unspecified atom stereocenters. The maximum Gasteiger partial charge on any atom is 0.383 e. The first kappa shape index (κ1) is 20.8. The minimum absolute atomic E-state index is 0.120. The lowest BCUT2D eigenvalue weighted by atomic mass is 10.1. The molecule has 0 amide bonds. The van der Waals surface area contributed by atoms with Crippen molar-refractivity contribution in [1.82, 2.24) is 0 Å². The predicted molar refractivity (Wildman–Crippen MR) is 104 cm³/mol. The molecule has 0 spiro atoms. The number of benzene rings is 1. The Bertz CT molecular complexity index is 793. The predicted octanol–water partition coefficient (Wildman–Crippen LogP) is 4.51. The summed E-state index contributed by atoms with van der Waals surface area (Å²) in [7, 11) is 0. The van der Waals surface area contributed by atoms with E-state index in [0.717, 1.165) is 12.8 Å². The second-order valence-corrected chi connectivity index (χ2v) is 6.34. The number of allylic oxidation sites excluding steroid dienone is 1. The number of unbranched alkanes of at least 4 members (excludes halogenated alkanes) is 6. The summed E-state index contributed by atoms with van der Waals surface area (Å²) in [5, 5.41) is 19.5. The Morgan fingerprint density at radius 1 is 1.15 bits per heavy atom. The average molecular weight is 376 g/mol. The van der Waals surface area contributed by atoms with Gasteiger partial charge in [0.2, 0.25) is 0 Å². The van der Waals surface area contributed by atoms with Gasteiger partial charge in [-0.15, -0.1) is 0 Å². The Kier molecular flexibility index (Phi) is 8.71. The number of hydrogen-bond acceptors (Lipinski definition) is 6. The van der Waals surface area contributed by atoms with Crippen molar-refractivity contribution in [1.29, 1.82) is 0 Å². The van der Waals surface area contributed by atoms with Gasteiger partial charge in [0.15, 0.2) is 5.75 Å². The van der Waals surface area contributed by atoms with Gasteiger partial charge < -0.3 is 24.1 Å². The standard InChI is InChI=1S/C21H28O6/c1-2-3-4-5-6-7-8-9-13-26-20-19(23)17-11-10-16(25-14-12-22)15-18(17)27-21(20)24/h9-11,13,15,22-23H,2-8,12,14H2,1H3/b13-9+. The van der Waals surface area contributed by atoms with Gasteiger partial charge in [-0.05, 0) is 31.1 Å². The summed E-state index contributed by atoms with van der Waals surface area (Å²) in [5.74, 6) is -0.0588. The van der Waals surface area contributed by atoms with Crippen molar-refractivity contribution in [3.63, 3.8) is 0 Å². The topological polar surface area (TPSA) is 89.1 Å². The van der Waals surface area contributed by atoms with Crippen LogP contribution >= 0.6 is 0 Å². The van der Waals surface area contributed by atoms with Gasteiger partial charge in [-0.25, -0.2) is 4.79 Å². The summed E-state index contributed by atoms with van der Waals surface area (Å²) in [6.45, 7) is 2.21. The number of rotatable bonds is 12. The van der Waals surface area contributed by atoms with Gasteiger partial charge in [0.1, 0.15) is 17.9 Å². The van der Waals surface area contributed by atoms with Crippen LogP contribution in [0.5, 0.6) is 17.2 Å². The molecule has 0 radical (unpaired) electrons. The number of aliphatic hydroxyl groups is 1. The van der Waals surface area contributed by atoms with Crippen molar-refractivity contribution in [3.8, 4) is 17.2 Å². The zero-order valence-corrected chi connectivity index (χ0v) is 15.8. The van der Waals surface area contributed by atoms with Crippen LogP contribution in [0.4, 0.5) is 0 Å². The maximum absolute atomic E-state index is 12.1. The number of ether oxygens (including phenoxy) is 2. The van der Waals surface area contributed by atoms with Crippen LogP contribution in [0.2, 0.25) is 0 Å². The fraction of sp³-hybridized carbons (Fsp3) is 0.476. The highest BCUT2D eigenvalue weighted by molar-refractivity contribution is 5.86. The molecule has 2 N–H and O–H groups in total. The quantitative estimate of drug-likeness (QED) is 0.322. The van der Waals surface area contributed by atoms with Gasteiger partial charge in [-0.1, -0.05) is 39.0 Å². The van der Waals surface area contributed by atoms with Crippen LogP contribution in [0.1, 0.15) is 51.9 Å². The zero-order valence-electron chi connectivity index (χ0n) is 15.8. The molecule has 1 aromatic carbocycles. The first-order valence-corrected chi connectivity index (χ1v) is 9.52. The molecular weight excluding hydrogens is 348 g/mol. The van der Waals surface area contributed by atoms with Crippen LogP contribution in [0, 0.1) is 0 Å². The van der Waals surface area contributed by atoms with Crippen LogP contribution < -0.4 is 15.1 Å². The van der Waals surface area contributed by atoms with Crippen molar-refractivity contribution in [3.05, 3.63) is 41.0 Å². The lowest BCUT2D eigenvalue weighted by Gasteiger charge is -2.08. The molecule has 2 aromatic rings. The molecule has 0 aliphatic carbocycles. The van der Waals surface area contributed by atoms with Gasteiger partial charge in [0.25, 0.3) is 5.75 Å². The summed E-state index contributed by atoms with van der Waals surface area (Å²) < 4.78 is 15.8. The first-order chi connectivity index (χ1) is 13.2. The summed E-state index contributed by atoms with van der Waals surface area (Å²) in [6, 6.07) is 4.69. The molecular formula is C21H28O6. The van der Waals surface area contributed by atoms with Crippen LogP contribution in [0.3, 0.4) is 0 Å². The van der Waals surface area contributed by atoms with Crippen molar-refractivity contribution in [2.24, 2.45) is 0 Å². The Hall–Kier alpha value is -2.47. The number of fused-ring (bicyclic) bond motifs is 1. The molecule has 0 fully saturated rings. The summed E-state index contributed by atoms with van der Waals surface area (Å²) >= 11 is 0. The number of aliphatic hydroxyl groups excluding tert-OH is 1.